The summed E-state index contributed by atoms with van der Waals surface area (Å²) >= 11 is 0. The summed E-state index contributed by atoms with van der Waals surface area (Å²) in [6.45, 7) is 2.97. The minimum atomic E-state index is 0.417. The molecule has 17 heavy (non-hydrogen) atoms. The number of ether oxygens (including phenoxy) is 1. The average molecular weight is 229 g/mol. The molecule has 0 radical (unpaired) electrons. The lowest BCUT2D eigenvalue weighted by Crippen LogP contribution is -2.17. The summed E-state index contributed by atoms with van der Waals surface area (Å²) in [6.07, 6.45) is 1.01. The fourth-order valence-corrected chi connectivity index (χ4v) is 1.98. The van der Waals surface area contributed by atoms with Gasteiger partial charge < -0.3 is 10.1 Å². The first kappa shape index (κ1) is 11.9. The lowest BCUT2D eigenvalue weighted by molar-refractivity contribution is 0.191. The second kappa shape index (κ2) is 5.69. The fraction of sp³-hybridized carbons (Fsp3) is 0.333. The van der Waals surface area contributed by atoms with E-state index in [1.165, 1.54) is 16.5 Å². The summed E-state index contributed by atoms with van der Waals surface area (Å²) in [5.74, 6) is 0. The third kappa shape index (κ3) is 2.98. The van der Waals surface area contributed by atoms with Crippen molar-refractivity contribution in [1.29, 1.82) is 0 Å². The van der Waals surface area contributed by atoms with Crippen LogP contribution in [0, 0.1) is 0 Å². The van der Waals surface area contributed by atoms with Crippen molar-refractivity contribution in [3.63, 3.8) is 0 Å². The molecule has 1 unspecified atom stereocenters. The highest BCUT2D eigenvalue weighted by Crippen LogP contribution is 2.23. The Morgan fingerprint density at radius 1 is 1.12 bits per heavy atom. The van der Waals surface area contributed by atoms with Gasteiger partial charge in [-0.15, -0.1) is 0 Å². The molecule has 0 aromatic heterocycles. The third-order valence-electron chi connectivity index (χ3n) is 2.95. The molecule has 0 heterocycles. The van der Waals surface area contributed by atoms with Crippen LogP contribution in [-0.4, -0.2) is 19.8 Å². The maximum absolute atomic E-state index is 5.10. The second-order valence-corrected chi connectivity index (χ2v) is 4.35. The van der Waals surface area contributed by atoms with Crippen molar-refractivity contribution in [2.24, 2.45) is 0 Å². The number of rotatable bonds is 5. The molecule has 0 bridgehead atoms. The minimum absolute atomic E-state index is 0.417. The quantitative estimate of drug-likeness (QED) is 0.844. The van der Waals surface area contributed by atoms with Gasteiger partial charge >= 0.3 is 0 Å². The van der Waals surface area contributed by atoms with Crippen molar-refractivity contribution in [3.8, 4) is 0 Å². The average Bonchev–Trinajstić information content (AvgIpc) is 2.37. The van der Waals surface area contributed by atoms with Crippen molar-refractivity contribution >= 4 is 16.5 Å². The molecule has 0 aliphatic carbocycles. The highest BCUT2D eigenvalue weighted by Gasteiger charge is 2.04. The number of nitrogens with one attached hydrogen (secondary N) is 1. The zero-order valence-electron chi connectivity index (χ0n) is 10.4. The van der Waals surface area contributed by atoms with E-state index in [1.54, 1.807) is 7.11 Å². The van der Waals surface area contributed by atoms with Crippen LogP contribution < -0.4 is 5.32 Å². The fourth-order valence-electron chi connectivity index (χ4n) is 1.98. The lowest BCUT2D eigenvalue weighted by atomic mass is 10.1. The normalized spacial score (nSPS) is 12.6. The van der Waals surface area contributed by atoms with E-state index in [-0.39, 0.29) is 0 Å². The van der Waals surface area contributed by atoms with Crippen LogP contribution in [0.3, 0.4) is 0 Å². The van der Waals surface area contributed by atoms with Crippen LogP contribution in [-0.2, 0) is 4.74 Å². The van der Waals surface area contributed by atoms with Gasteiger partial charge in [-0.1, -0.05) is 36.4 Å². The summed E-state index contributed by atoms with van der Waals surface area (Å²) in [4.78, 5) is 0. The van der Waals surface area contributed by atoms with Crippen LogP contribution in [0.1, 0.15) is 13.3 Å². The molecule has 0 saturated carbocycles. The summed E-state index contributed by atoms with van der Waals surface area (Å²) in [5, 5.41) is 6.09. The van der Waals surface area contributed by atoms with Gasteiger partial charge in [0.25, 0.3) is 0 Å². The zero-order chi connectivity index (χ0) is 12.1. The Labute approximate surface area is 103 Å². The topological polar surface area (TPSA) is 21.3 Å². The molecule has 0 spiro atoms. The first-order valence-corrected chi connectivity index (χ1v) is 6.04. The summed E-state index contributed by atoms with van der Waals surface area (Å²) in [7, 11) is 1.74. The Morgan fingerprint density at radius 2 is 1.88 bits per heavy atom. The molecule has 2 rings (SSSR count). The Morgan fingerprint density at radius 3 is 2.71 bits per heavy atom. The largest absolute Gasteiger partial charge is 0.385 e. The summed E-state index contributed by atoms with van der Waals surface area (Å²) < 4.78 is 5.10. The molecule has 1 N–H and O–H groups in total. The highest BCUT2D eigenvalue weighted by molar-refractivity contribution is 5.93. The van der Waals surface area contributed by atoms with Crippen LogP contribution in [0.4, 0.5) is 5.69 Å². The van der Waals surface area contributed by atoms with Gasteiger partial charge in [0.1, 0.15) is 0 Å². The summed E-state index contributed by atoms with van der Waals surface area (Å²) in [6, 6.07) is 15.2. The number of benzene rings is 2. The molecule has 90 valence electrons. The van der Waals surface area contributed by atoms with E-state index < -0.39 is 0 Å². The van der Waals surface area contributed by atoms with Gasteiger partial charge in [0.05, 0.1) is 0 Å². The van der Waals surface area contributed by atoms with Crippen LogP contribution >= 0.6 is 0 Å². The van der Waals surface area contributed by atoms with Crippen molar-refractivity contribution < 1.29 is 4.74 Å². The van der Waals surface area contributed by atoms with Gasteiger partial charge in [0, 0.05) is 30.8 Å². The number of hydrogen-bond donors (Lipinski definition) is 1. The molecule has 1 atom stereocenters. The van der Waals surface area contributed by atoms with Crippen LogP contribution in [0.2, 0.25) is 0 Å². The number of hydrogen-bond acceptors (Lipinski definition) is 2. The van der Waals surface area contributed by atoms with Crippen LogP contribution in [0.25, 0.3) is 10.8 Å². The maximum Gasteiger partial charge on any atom is 0.0481 e. The van der Waals surface area contributed by atoms with Crippen molar-refractivity contribution in [2.75, 3.05) is 19.0 Å². The minimum Gasteiger partial charge on any atom is -0.385 e. The van der Waals surface area contributed by atoms with Gasteiger partial charge in [0.15, 0.2) is 0 Å². The first-order valence-electron chi connectivity index (χ1n) is 6.04. The van der Waals surface area contributed by atoms with Gasteiger partial charge in [-0.05, 0) is 24.8 Å². The van der Waals surface area contributed by atoms with Crippen LogP contribution in [0.15, 0.2) is 42.5 Å². The predicted molar refractivity (Wildman–Crippen MR) is 73.5 cm³/mol. The number of fused-ring (bicyclic) bond motifs is 1. The molecule has 2 heteroatoms. The monoisotopic (exact) mass is 229 g/mol. The second-order valence-electron chi connectivity index (χ2n) is 4.35. The predicted octanol–water partition coefficient (Wildman–Crippen LogP) is 3.68. The number of anilines is 1. The molecule has 2 nitrogen and oxygen atoms in total. The molecular weight excluding hydrogens is 210 g/mol. The Bertz CT molecular complexity index is 476. The third-order valence-corrected chi connectivity index (χ3v) is 2.95. The van der Waals surface area contributed by atoms with E-state index in [9.17, 15) is 0 Å². The van der Waals surface area contributed by atoms with E-state index in [2.05, 4.69) is 54.7 Å². The van der Waals surface area contributed by atoms with Crippen molar-refractivity contribution in [2.45, 2.75) is 19.4 Å². The molecule has 0 fully saturated rings. The molecule has 2 aromatic rings. The summed E-state index contributed by atoms with van der Waals surface area (Å²) in [5.41, 5.74) is 1.20. The van der Waals surface area contributed by atoms with Gasteiger partial charge in [0.2, 0.25) is 0 Å². The van der Waals surface area contributed by atoms with Crippen molar-refractivity contribution in [1.82, 2.24) is 0 Å². The standard InChI is InChI=1S/C15H19NO/c1-12(10-11-17-2)16-15-9-5-7-13-6-3-4-8-14(13)15/h3-9,12,16H,10-11H2,1-2H3. The van der Waals surface area contributed by atoms with Crippen molar-refractivity contribution in [3.05, 3.63) is 42.5 Å². The van der Waals surface area contributed by atoms with E-state index in [0.717, 1.165) is 13.0 Å². The van der Waals surface area contributed by atoms with E-state index in [1.807, 2.05) is 0 Å². The molecule has 2 aromatic carbocycles. The van der Waals surface area contributed by atoms with Gasteiger partial charge in [-0.3, -0.25) is 0 Å². The Balaban J connectivity index is 2.18. The zero-order valence-corrected chi connectivity index (χ0v) is 10.4. The Kier molecular flexibility index (Phi) is 3.99. The molecule has 0 aliphatic rings. The van der Waals surface area contributed by atoms with Gasteiger partial charge in [-0.2, -0.15) is 0 Å². The maximum atomic E-state index is 5.10. The van der Waals surface area contributed by atoms with Gasteiger partial charge in [-0.25, -0.2) is 0 Å². The first-order chi connectivity index (χ1) is 8.31. The van der Waals surface area contributed by atoms with E-state index in [4.69, 9.17) is 4.74 Å². The Hall–Kier alpha value is -1.54. The smallest absolute Gasteiger partial charge is 0.0481 e. The molecule has 0 aliphatic heterocycles. The highest BCUT2D eigenvalue weighted by atomic mass is 16.5. The van der Waals surface area contributed by atoms with E-state index in [0.29, 0.717) is 6.04 Å². The van der Waals surface area contributed by atoms with Crippen LogP contribution in [0.5, 0.6) is 0 Å². The SMILES string of the molecule is COCCC(C)Nc1cccc2ccccc12. The van der Waals surface area contributed by atoms with E-state index >= 15 is 0 Å². The molecule has 0 saturated heterocycles. The molecular formula is C15H19NO. The molecule has 0 amide bonds. The number of methoxy groups -OCH3 is 1. The lowest BCUT2D eigenvalue weighted by Gasteiger charge is -2.16.